The van der Waals surface area contributed by atoms with Crippen molar-refractivity contribution in [3.05, 3.63) is 16.6 Å². The molecule has 1 aromatic heterocycles. The zero-order valence-electron chi connectivity index (χ0n) is 9.79. The molecule has 4 N–H and O–H groups in total. The van der Waals surface area contributed by atoms with Crippen LogP contribution >= 0.6 is 11.3 Å². The predicted octanol–water partition coefficient (Wildman–Crippen LogP) is 0.339. The molecule has 0 fully saturated rings. The molecule has 0 bridgehead atoms. The van der Waals surface area contributed by atoms with Gasteiger partial charge in [0.2, 0.25) is 0 Å². The number of carboxylic acid groups (broad SMARTS) is 1. The topological polar surface area (TPSA) is 112 Å². The van der Waals surface area contributed by atoms with Gasteiger partial charge < -0.3 is 20.8 Å². The molecule has 1 heterocycles. The predicted molar refractivity (Wildman–Crippen MR) is 65.3 cm³/mol. The van der Waals surface area contributed by atoms with E-state index in [1.165, 1.54) is 11.3 Å². The van der Waals surface area contributed by atoms with Gasteiger partial charge in [-0.2, -0.15) is 0 Å². The lowest BCUT2D eigenvalue weighted by Crippen LogP contribution is -2.47. The third-order valence-corrected chi connectivity index (χ3v) is 3.15. The van der Waals surface area contributed by atoms with Crippen molar-refractivity contribution < 1.29 is 19.8 Å². The zero-order valence-corrected chi connectivity index (χ0v) is 10.6. The molecule has 0 aliphatic carbocycles. The van der Waals surface area contributed by atoms with Crippen LogP contribution in [0.5, 0.6) is 0 Å². The second kappa shape index (κ2) is 6.92. The van der Waals surface area contributed by atoms with Gasteiger partial charge in [0.15, 0.2) is 0 Å². The molecule has 18 heavy (non-hydrogen) atoms. The first-order chi connectivity index (χ1) is 8.54. The summed E-state index contributed by atoms with van der Waals surface area (Å²) in [6.45, 7) is 1.44. The summed E-state index contributed by atoms with van der Waals surface area (Å²) in [4.78, 5) is 26.4. The van der Waals surface area contributed by atoms with E-state index < -0.39 is 18.0 Å². The second-order valence-electron chi connectivity index (χ2n) is 3.61. The van der Waals surface area contributed by atoms with E-state index in [-0.39, 0.29) is 19.1 Å². The largest absolute Gasteiger partial charge is 0.480 e. The molecule has 0 aromatic carbocycles. The summed E-state index contributed by atoms with van der Waals surface area (Å²) in [6, 6.07) is -1.99. The van der Waals surface area contributed by atoms with Gasteiger partial charge >= 0.3 is 12.0 Å². The number of nitrogens with one attached hydrogen (secondary N) is 2. The van der Waals surface area contributed by atoms with E-state index in [2.05, 4.69) is 15.6 Å². The lowest BCUT2D eigenvalue weighted by atomic mass is 10.2. The highest BCUT2D eigenvalue weighted by Crippen LogP contribution is 2.14. The number of thiazole rings is 1. The number of hydrogen-bond donors (Lipinski definition) is 4. The molecule has 0 saturated carbocycles. The molecule has 7 nitrogen and oxygen atoms in total. The van der Waals surface area contributed by atoms with Crippen LogP contribution in [0.1, 0.15) is 24.4 Å². The van der Waals surface area contributed by atoms with Gasteiger partial charge in [-0.05, 0) is 6.92 Å². The van der Waals surface area contributed by atoms with Crippen LogP contribution in [0.25, 0.3) is 0 Å². The fraction of sp³-hybridized carbons (Fsp3) is 0.500. The molecule has 0 aliphatic heterocycles. The zero-order chi connectivity index (χ0) is 13.5. The van der Waals surface area contributed by atoms with Gasteiger partial charge in [0.25, 0.3) is 0 Å². The number of urea groups is 1. The number of carbonyl (C=O) groups excluding carboxylic acids is 1. The molecule has 2 unspecified atom stereocenters. The average Bonchev–Trinajstić information content (AvgIpc) is 2.81. The Balaban J connectivity index is 2.47. The minimum atomic E-state index is -1.18. The molecule has 2 amide bonds. The fourth-order valence-electron chi connectivity index (χ4n) is 1.29. The van der Waals surface area contributed by atoms with Crippen LogP contribution in [0.4, 0.5) is 4.79 Å². The van der Waals surface area contributed by atoms with Crippen molar-refractivity contribution in [3.8, 4) is 0 Å². The highest BCUT2D eigenvalue weighted by molar-refractivity contribution is 7.09. The van der Waals surface area contributed by atoms with Gasteiger partial charge in [0, 0.05) is 24.6 Å². The van der Waals surface area contributed by atoms with E-state index in [0.29, 0.717) is 0 Å². The number of amides is 2. The highest BCUT2D eigenvalue weighted by Gasteiger charge is 2.20. The summed E-state index contributed by atoms with van der Waals surface area (Å²) in [7, 11) is 0. The number of hydrogen-bond acceptors (Lipinski definition) is 5. The molecule has 8 heteroatoms. The Hall–Kier alpha value is -1.67. The van der Waals surface area contributed by atoms with E-state index in [4.69, 9.17) is 10.2 Å². The summed E-state index contributed by atoms with van der Waals surface area (Å²) in [5.41, 5.74) is 0. The number of carboxylic acids is 1. The van der Waals surface area contributed by atoms with Gasteiger partial charge in [-0.3, -0.25) is 0 Å². The summed E-state index contributed by atoms with van der Waals surface area (Å²) < 4.78 is 0. The minimum absolute atomic E-state index is 0.0333. The van der Waals surface area contributed by atoms with E-state index >= 15 is 0 Å². The third-order valence-electron chi connectivity index (χ3n) is 2.19. The lowest BCUT2D eigenvalue weighted by Gasteiger charge is -2.16. The Morgan fingerprint density at radius 3 is 2.72 bits per heavy atom. The highest BCUT2D eigenvalue weighted by atomic mass is 32.1. The monoisotopic (exact) mass is 273 g/mol. The van der Waals surface area contributed by atoms with E-state index in [9.17, 15) is 9.59 Å². The van der Waals surface area contributed by atoms with Crippen molar-refractivity contribution in [2.75, 3.05) is 6.61 Å². The average molecular weight is 273 g/mol. The van der Waals surface area contributed by atoms with Gasteiger partial charge in [-0.25, -0.2) is 14.6 Å². The second-order valence-corrected chi connectivity index (χ2v) is 4.54. The third kappa shape index (κ3) is 4.30. The molecule has 2 atom stereocenters. The van der Waals surface area contributed by atoms with Crippen molar-refractivity contribution in [1.29, 1.82) is 0 Å². The Kier molecular flexibility index (Phi) is 5.53. The maximum absolute atomic E-state index is 11.5. The number of rotatable bonds is 6. The summed E-state index contributed by atoms with van der Waals surface area (Å²) in [5, 5.41) is 24.9. The number of aliphatic hydroxyl groups excluding tert-OH is 1. The molecular formula is C10H15N3O4S. The van der Waals surface area contributed by atoms with E-state index in [0.717, 1.165) is 5.01 Å². The Morgan fingerprint density at radius 1 is 1.50 bits per heavy atom. The van der Waals surface area contributed by atoms with Gasteiger partial charge in [-0.1, -0.05) is 0 Å². The first-order valence-corrected chi connectivity index (χ1v) is 6.22. The van der Waals surface area contributed by atoms with Crippen molar-refractivity contribution in [2.24, 2.45) is 0 Å². The first-order valence-electron chi connectivity index (χ1n) is 5.34. The van der Waals surface area contributed by atoms with Gasteiger partial charge in [0.1, 0.15) is 11.0 Å². The summed E-state index contributed by atoms with van der Waals surface area (Å²) in [6.07, 6.45) is 1.59. The van der Waals surface area contributed by atoms with Crippen LogP contribution in [0.3, 0.4) is 0 Å². The number of carbonyl (C=O) groups is 2. The van der Waals surface area contributed by atoms with Crippen LogP contribution in [0.2, 0.25) is 0 Å². The molecule has 0 spiro atoms. The lowest BCUT2D eigenvalue weighted by molar-refractivity contribution is -0.139. The standard InChI is InChI=1S/C10H15N3O4S/c1-6(8-11-3-5-18-8)12-10(17)13-7(2-4-14)9(15)16/h3,5-7,14H,2,4H2,1H3,(H,15,16)(H2,12,13,17). The molecule has 1 rings (SSSR count). The van der Waals surface area contributed by atoms with Crippen LogP contribution in [0.15, 0.2) is 11.6 Å². The fourth-order valence-corrected chi connectivity index (χ4v) is 1.94. The maximum Gasteiger partial charge on any atom is 0.326 e. The smallest absolute Gasteiger partial charge is 0.326 e. The van der Waals surface area contributed by atoms with E-state index in [1.807, 2.05) is 0 Å². The number of aliphatic carboxylic acids is 1. The van der Waals surface area contributed by atoms with Crippen LogP contribution in [-0.4, -0.2) is 39.8 Å². The molecule has 1 aromatic rings. The normalized spacial score (nSPS) is 13.7. The number of aliphatic hydroxyl groups is 1. The minimum Gasteiger partial charge on any atom is -0.480 e. The Labute approximate surface area is 108 Å². The Morgan fingerprint density at radius 2 is 2.22 bits per heavy atom. The molecular weight excluding hydrogens is 258 g/mol. The maximum atomic E-state index is 11.5. The first kappa shape index (κ1) is 14.4. The van der Waals surface area contributed by atoms with Crippen molar-refractivity contribution >= 4 is 23.3 Å². The van der Waals surface area contributed by atoms with Crippen molar-refractivity contribution in [1.82, 2.24) is 15.6 Å². The molecule has 0 saturated heterocycles. The molecule has 0 aliphatic rings. The van der Waals surface area contributed by atoms with Crippen molar-refractivity contribution in [2.45, 2.75) is 25.4 Å². The SMILES string of the molecule is CC(NC(=O)NC(CCO)C(=O)O)c1nccs1. The molecule has 0 radical (unpaired) electrons. The number of nitrogens with zero attached hydrogens (tertiary/aromatic N) is 1. The number of aromatic nitrogens is 1. The quantitative estimate of drug-likeness (QED) is 0.597. The van der Waals surface area contributed by atoms with Crippen LogP contribution in [0, 0.1) is 0 Å². The van der Waals surface area contributed by atoms with Crippen molar-refractivity contribution in [3.63, 3.8) is 0 Å². The summed E-state index contributed by atoms with van der Waals surface area (Å²) in [5.74, 6) is -1.18. The summed E-state index contributed by atoms with van der Waals surface area (Å²) >= 11 is 1.40. The van der Waals surface area contributed by atoms with Gasteiger partial charge in [-0.15, -0.1) is 11.3 Å². The van der Waals surface area contributed by atoms with Crippen LogP contribution in [-0.2, 0) is 4.79 Å². The van der Waals surface area contributed by atoms with E-state index in [1.54, 1.807) is 18.5 Å². The van der Waals surface area contributed by atoms with Crippen LogP contribution < -0.4 is 10.6 Å². The molecule has 100 valence electrons. The van der Waals surface area contributed by atoms with Gasteiger partial charge in [0.05, 0.1) is 6.04 Å². The Bertz CT molecular complexity index is 396.